The Morgan fingerprint density at radius 3 is 3.00 bits per heavy atom. The summed E-state index contributed by atoms with van der Waals surface area (Å²) in [4.78, 5) is 13.1. The van der Waals surface area contributed by atoms with Crippen molar-refractivity contribution in [3.8, 4) is 5.75 Å². The Labute approximate surface area is 111 Å². The second kappa shape index (κ2) is 5.99. The van der Waals surface area contributed by atoms with Crippen LogP contribution in [0.15, 0.2) is 30.5 Å². The predicted octanol–water partition coefficient (Wildman–Crippen LogP) is 0.796. The first-order chi connectivity index (χ1) is 9.19. The van der Waals surface area contributed by atoms with E-state index in [2.05, 4.69) is 15.5 Å². The van der Waals surface area contributed by atoms with Crippen LogP contribution in [-0.4, -0.2) is 34.6 Å². The first-order valence-electron chi connectivity index (χ1n) is 5.96. The van der Waals surface area contributed by atoms with Gasteiger partial charge in [0, 0.05) is 13.6 Å². The zero-order valence-corrected chi connectivity index (χ0v) is 11.0. The van der Waals surface area contributed by atoms with E-state index in [1.165, 1.54) is 11.0 Å². The van der Waals surface area contributed by atoms with Gasteiger partial charge in [-0.3, -0.25) is 4.79 Å². The van der Waals surface area contributed by atoms with Gasteiger partial charge in [-0.05, 0) is 24.1 Å². The molecule has 0 aliphatic heterocycles. The van der Waals surface area contributed by atoms with Crippen molar-refractivity contribution in [2.45, 2.75) is 6.42 Å². The number of hydrogen-bond acceptors (Lipinski definition) is 4. The number of nitrogens with one attached hydrogen (secondary N) is 1. The summed E-state index contributed by atoms with van der Waals surface area (Å²) in [6.07, 6.45) is 2.18. The van der Waals surface area contributed by atoms with Crippen molar-refractivity contribution in [1.82, 2.24) is 20.3 Å². The number of aryl methyl sites for hydroxylation is 1. The average Bonchev–Trinajstić information content (AvgIpc) is 2.86. The summed E-state index contributed by atoms with van der Waals surface area (Å²) in [7, 11) is 3.31. The minimum Gasteiger partial charge on any atom is -0.497 e. The summed E-state index contributed by atoms with van der Waals surface area (Å²) in [5, 5.41) is 10.6. The van der Waals surface area contributed by atoms with E-state index >= 15 is 0 Å². The molecule has 0 aliphatic rings. The second-order valence-electron chi connectivity index (χ2n) is 4.08. The summed E-state index contributed by atoms with van der Waals surface area (Å²) in [6, 6.07) is 7.77. The molecule has 1 aromatic carbocycles. The maximum Gasteiger partial charge on any atom is 0.273 e. The van der Waals surface area contributed by atoms with Crippen molar-refractivity contribution in [3.63, 3.8) is 0 Å². The van der Waals surface area contributed by atoms with Crippen molar-refractivity contribution in [2.75, 3.05) is 13.7 Å². The van der Waals surface area contributed by atoms with Crippen molar-refractivity contribution in [3.05, 3.63) is 41.7 Å². The first-order valence-corrected chi connectivity index (χ1v) is 5.96. The molecule has 0 bridgehead atoms. The highest BCUT2D eigenvalue weighted by Crippen LogP contribution is 2.12. The Hall–Kier alpha value is -2.37. The lowest BCUT2D eigenvalue weighted by Gasteiger charge is -2.05. The maximum absolute atomic E-state index is 11.7. The molecule has 1 aromatic heterocycles. The lowest BCUT2D eigenvalue weighted by molar-refractivity contribution is 0.0948. The van der Waals surface area contributed by atoms with Gasteiger partial charge >= 0.3 is 0 Å². The molecule has 1 N–H and O–H groups in total. The summed E-state index contributed by atoms with van der Waals surface area (Å²) in [6.45, 7) is 0.544. The number of rotatable bonds is 5. The number of nitrogens with zero attached hydrogens (tertiary/aromatic N) is 3. The quantitative estimate of drug-likeness (QED) is 0.863. The Balaban J connectivity index is 1.84. The fraction of sp³-hybridized carbons (Fsp3) is 0.308. The molecule has 0 spiro atoms. The van der Waals surface area contributed by atoms with E-state index in [-0.39, 0.29) is 5.91 Å². The van der Waals surface area contributed by atoms with Crippen molar-refractivity contribution >= 4 is 5.91 Å². The molecule has 19 heavy (non-hydrogen) atoms. The summed E-state index contributed by atoms with van der Waals surface area (Å²) in [5.41, 5.74) is 1.44. The first kappa shape index (κ1) is 13.1. The highest BCUT2D eigenvalue weighted by molar-refractivity contribution is 5.91. The molecule has 0 aliphatic carbocycles. The van der Waals surface area contributed by atoms with E-state index in [1.54, 1.807) is 14.2 Å². The van der Waals surface area contributed by atoms with E-state index in [0.29, 0.717) is 12.2 Å². The maximum atomic E-state index is 11.7. The molecule has 0 radical (unpaired) electrons. The second-order valence-corrected chi connectivity index (χ2v) is 4.08. The van der Waals surface area contributed by atoms with Crippen LogP contribution in [0.2, 0.25) is 0 Å². The van der Waals surface area contributed by atoms with Gasteiger partial charge < -0.3 is 10.1 Å². The fourth-order valence-corrected chi connectivity index (χ4v) is 1.69. The van der Waals surface area contributed by atoms with E-state index in [1.807, 2.05) is 24.3 Å². The monoisotopic (exact) mass is 260 g/mol. The highest BCUT2D eigenvalue weighted by Gasteiger charge is 2.08. The van der Waals surface area contributed by atoms with Gasteiger partial charge in [-0.2, -0.15) is 9.90 Å². The van der Waals surface area contributed by atoms with E-state index in [9.17, 15) is 4.79 Å². The topological polar surface area (TPSA) is 69.0 Å². The zero-order valence-electron chi connectivity index (χ0n) is 11.0. The molecule has 0 atom stereocenters. The predicted molar refractivity (Wildman–Crippen MR) is 70.0 cm³/mol. The SMILES string of the molecule is COc1cccc(CCNC(=O)c2cnn(C)n2)c1. The van der Waals surface area contributed by atoms with Crippen LogP contribution in [0.3, 0.4) is 0 Å². The van der Waals surface area contributed by atoms with Gasteiger partial charge in [-0.25, -0.2) is 0 Å². The molecule has 1 amide bonds. The van der Waals surface area contributed by atoms with Gasteiger partial charge in [-0.15, -0.1) is 5.10 Å². The largest absolute Gasteiger partial charge is 0.497 e. The lowest BCUT2D eigenvalue weighted by atomic mass is 10.1. The highest BCUT2D eigenvalue weighted by atomic mass is 16.5. The number of carbonyl (C=O) groups is 1. The molecule has 100 valence electrons. The van der Waals surface area contributed by atoms with E-state index in [4.69, 9.17) is 4.74 Å². The zero-order chi connectivity index (χ0) is 13.7. The summed E-state index contributed by atoms with van der Waals surface area (Å²) >= 11 is 0. The standard InChI is InChI=1S/C13H16N4O2/c1-17-15-9-12(16-17)13(18)14-7-6-10-4-3-5-11(8-10)19-2/h3-5,8-9H,6-7H2,1-2H3,(H,14,18). The van der Waals surface area contributed by atoms with Crippen LogP contribution in [0.1, 0.15) is 16.1 Å². The fourth-order valence-electron chi connectivity index (χ4n) is 1.69. The third-order valence-corrected chi connectivity index (χ3v) is 2.67. The van der Waals surface area contributed by atoms with Crippen molar-refractivity contribution < 1.29 is 9.53 Å². The number of amides is 1. The Morgan fingerprint density at radius 2 is 2.32 bits per heavy atom. The van der Waals surface area contributed by atoms with E-state index < -0.39 is 0 Å². The molecule has 0 fully saturated rings. The summed E-state index contributed by atoms with van der Waals surface area (Å²) in [5.74, 6) is 0.605. The molecule has 0 saturated heterocycles. The summed E-state index contributed by atoms with van der Waals surface area (Å²) < 4.78 is 5.15. The lowest BCUT2D eigenvalue weighted by Crippen LogP contribution is -2.26. The van der Waals surface area contributed by atoms with Crippen LogP contribution in [0.5, 0.6) is 5.75 Å². The Kier molecular flexibility index (Phi) is 4.12. The van der Waals surface area contributed by atoms with Gasteiger partial charge in [0.2, 0.25) is 0 Å². The van der Waals surface area contributed by atoms with Gasteiger partial charge in [0.05, 0.1) is 13.3 Å². The van der Waals surface area contributed by atoms with Crippen LogP contribution >= 0.6 is 0 Å². The van der Waals surface area contributed by atoms with E-state index in [0.717, 1.165) is 17.7 Å². The molecular weight excluding hydrogens is 244 g/mol. The number of methoxy groups -OCH3 is 1. The third-order valence-electron chi connectivity index (χ3n) is 2.67. The Bertz CT molecular complexity index is 565. The molecule has 2 aromatic rings. The number of benzene rings is 1. The minimum absolute atomic E-state index is 0.212. The molecule has 6 nitrogen and oxygen atoms in total. The normalized spacial score (nSPS) is 10.2. The molecule has 0 saturated carbocycles. The number of hydrogen-bond donors (Lipinski definition) is 1. The van der Waals surface area contributed by atoms with Crippen molar-refractivity contribution in [1.29, 1.82) is 0 Å². The van der Waals surface area contributed by atoms with Crippen LogP contribution in [0, 0.1) is 0 Å². The van der Waals surface area contributed by atoms with Gasteiger partial charge in [-0.1, -0.05) is 12.1 Å². The van der Waals surface area contributed by atoms with Crippen LogP contribution in [0.4, 0.5) is 0 Å². The molecule has 2 rings (SSSR count). The van der Waals surface area contributed by atoms with Crippen LogP contribution in [-0.2, 0) is 13.5 Å². The van der Waals surface area contributed by atoms with Crippen LogP contribution < -0.4 is 10.1 Å². The molecule has 1 heterocycles. The Morgan fingerprint density at radius 1 is 1.47 bits per heavy atom. The minimum atomic E-state index is -0.212. The molecular formula is C13H16N4O2. The smallest absolute Gasteiger partial charge is 0.273 e. The van der Waals surface area contributed by atoms with Crippen LogP contribution in [0.25, 0.3) is 0 Å². The average molecular weight is 260 g/mol. The van der Waals surface area contributed by atoms with Gasteiger partial charge in [0.1, 0.15) is 5.75 Å². The molecule has 0 unspecified atom stereocenters. The van der Waals surface area contributed by atoms with Gasteiger partial charge in [0.25, 0.3) is 5.91 Å². The van der Waals surface area contributed by atoms with Crippen molar-refractivity contribution in [2.24, 2.45) is 7.05 Å². The number of ether oxygens (including phenoxy) is 1. The van der Waals surface area contributed by atoms with Gasteiger partial charge in [0.15, 0.2) is 5.69 Å². The number of carbonyl (C=O) groups excluding carboxylic acids is 1. The molecule has 6 heteroatoms. The number of aromatic nitrogens is 3. The third kappa shape index (κ3) is 3.54.